The topological polar surface area (TPSA) is 122 Å². The maximum Gasteiger partial charge on any atom is 0.490 e. The van der Waals surface area contributed by atoms with Gasteiger partial charge < -0.3 is 26.0 Å². The molecule has 142 valence electrons. The van der Waals surface area contributed by atoms with Gasteiger partial charge in [0.1, 0.15) is 0 Å². The molecule has 24 heavy (non-hydrogen) atoms. The van der Waals surface area contributed by atoms with Crippen molar-refractivity contribution < 1.29 is 50.9 Å². The first kappa shape index (κ1) is 22.4. The number of nitrogens with two attached hydrogens (primary N) is 1. The van der Waals surface area contributed by atoms with Crippen LogP contribution in [0.25, 0.3) is 0 Å². The third-order valence-electron chi connectivity index (χ3n) is 2.77. The van der Waals surface area contributed by atoms with E-state index in [1.54, 1.807) is 0 Å². The fourth-order valence-electron chi connectivity index (χ4n) is 1.46. The van der Waals surface area contributed by atoms with Crippen molar-refractivity contribution in [1.29, 1.82) is 0 Å². The van der Waals surface area contributed by atoms with E-state index in [9.17, 15) is 26.3 Å². The van der Waals surface area contributed by atoms with Gasteiger partial charge in [-0.05, 0) is 12.8 Å². The number of hydrogen-bond donors (Lipinski definition) is 4. The Morgan fingerprint density at radius 2 is 1.25 bits per heavy atom. The molecule has 0 bridgehead atoms. The van der Waals surface area contributed by atoms with Crippen LogP contribution in [0, 0.1) is 0 Å². The van der Waals surface area contributed by atoms with E-state index in [2.05, 4.69) is 5.32 Å². The van der Waals surface area contributed by atoms with Crippen molar-refractivity contribution in [3.8, 4) is 0 Å². The lowest BCUT2D eigenvalue weighted by Crippen LogP contribution is -2.57. The third-order valence-corrected chi connectivity index (χ3v) is 2.77. The summed E-state index contributed by atoms with van der Waals surface area (Å²) >= 11 is 0. The molecule has 0 aromatic rings. The van der Waals surface area contributed by atoms with Gasteiger partial charge in [-0.25, -0.2) is 9.59 Å². The maximum absolute atomic E-state index is 10.6. The zero-order valence-corrected chi connectivity index (χ0v) is 12.0. The molecule has 0 unspecified atom stereocenters. The van der Waals surface area contributed by atoms with Crippen LogP contribution < -0.4 is 11.1 Å². The predicted molar refractivity (Wildman–Crippen MR) is 66.1 cm³/mol. The van der Waals surface area contributed by atoms with E-state index in [1.165, 1.54) is 0 Å². The summed E-state index contributed by atoms with van der Waals surface area (Å²) in [6.45, 7) is 1.79. The van der Waals surface area contributed by atoms with Gasteiger partial charge in [0.15, 0.2) is 0 Å². The van der Waals surface area contributed by atoms with Crippen LogP contribution in [0.2, 0.25) is 0 Å². The summed E-state index contributed by atoms with van der Waals surface area (Å²) in [5.74, 6) is -5.51. The maximum atomic E-state index is 10.6. The van der Waals surface area contributed by atoms with Crippen LogP contribution >= 0.6 is 0 Å². The molecule has 2 rings (SSSR count). The van der Waals surface area contributed by atoms with Crippen LogP contribution in [0.5, 0.6) is 0 Å². The smallest absolute Gasteiger partial charge is 0.475 e. The fraction of sp³-hybridized carbons (Fsp3) is 0.818. The van der Waals surface area contributed by atoms with E-state index >= 15 is 0 Å². The Morgan fingerprint density at radius 1 is 0.917 bits per heavy atom. The summed E-state index contributed by atoms with van der Waals surface area (Å²) in [6.07, 6.45) is -7.87. The Bertz CT molecular complexity index is 394. The second kappa shape index (κ2) is 9.03. The highest BCUT2D eigenvalue weighted by Crippen LogP contribution is 2.19. The molecule has 0 radical (unpaired) electrons. The molecule has 0 aromatic heterocycles. The Morgan fingerprint density at radius 3 is 1.42 bits per heavy atom. The summed E-state index contributed by atoms with van der Waals surface area (Å²) in [4.78, 5) is 17.8. The van der Waals surface area contributed by atoms with Gasteiger partial charge in [0, 0.05) is 12.1 Å². The van der Waals surface area contributed by atoms with Crippen molar-refractivity contribution in [3.63, 3.8) is 0 Å². The van der Waals surface area contributed by atoms with E-state index in [1.807, 2.05) is 0 Å². The molecular weight excluding hydrogens is 354 g/mol. The SMILES string of the molecule is NC1CC(NC2COC2)C1.O=C(O)C(F)(F)F.O=C(O)C(F)(F)F. The number of ether oxygens (including phenoxy) is 1. The minimum absolute atomic E-state index is 0.457. The first-order chi connectivity index (χ1) is 10.7. The van der Waals surface area contributed by atoms with Gasteiger partial charge in [0.25, 0.3) is 0 Å². The first-order valence-corrected chi connectivity index (χ1v) is 6.43. The Hall–Kier alpha value is -1.60. The average molecular weight is 370 g/mol. The van der Waals surface area contributed by atoms with Gasteiger partial charge >= 0.3 is 24.3 Å². The lowest BCUT2D eigenvalue weighted by molar-refractivity contribution is -0.193. The molecule has 0 spiro atoms. The molecule has 2 fully saturated rings. The summed E-state index contributed by atoms with van der Waals surface area (Å²) in [5, 5.41) is 17.7. The standard InChI is InChI=1S/C7H14N2O.2C2HF3O2/c8-5-1-6(2-5)9-7-3-10-4-7;2*3-2(4,5)1(6)7/h5-7,9H,1-4,8H2;2*(H,6,7). The molecule has 1 aliphatic heterocycles. The first-order valence-electron chi connectivity index (χ1n) is 6.43. The number of carboxylic acids is 2. The Balaban J connectivity index is 0.000000343. The van der Waals surface area contributed by atoms with Gasteiger partial charge in [0.05, 0.1) is 19.3 Å². The fourth-order valence-corrected chi connectivity index (χ4v) is 1.46. The van der Waals surface area contributed by atoms with Gasteiger partial charge in [0.2, 0.25) is 0 Å². The summed E-state index contributed by atoms with van der Waals surface area (Å²) < 4.78 is 68.5. The second-order valence-corrected chi connectivity index (χ2v) is 4.94. The molecule has 5 N–H and O–H groups in total. The van der Waals surface area contributed by atoms with Gasteiger partial charge in [-0.1, -0.05) is 0 Å². The lowest BCUT2D eigenvalue weighted by Gasteiger charge is -2.38. The highest BCUT2D eigenvalue weighted by molar-refractivity contribution is 5.73. The Labute approximate surface area is 131 Å². The molecule has 0 atom stereocenters. The molecule has 1 aliphatic carbocycles. The number of carboxylic acid groups (broad SMARTS) is 2. The zero-order valence-electron chi connectivity index (χ0n) is 12.0. The number of alkyl halides is 6. The summed E-state index contributed by atoms with van der Waals surface area (Å²) in [5.41, 5.74) is 5.63. The molecule has 2 aliphatic rings. The number of carbonyl (C=O) groups is 2. The van der Waals surface area contributed by atoms with E-state index in [4.69, 9.17) is 30.3 Å². The highest BCUT2D eigenvalue weighted by Gasteiger charge is 2.38. The van der Waals surface area contributed by atoms with E-state index < -0.39 is 24.3 Å². The van der Waals surface area contributed by atoms with Crippen molar-refractivity contribution in [1.82, 2.24) is 5.32 Å². The number of aliphatic carboxylic acids is 2. The predicted octanol–water partition coefficient (Wildman–Crippen LogP) is 0.731. The largest absolute Gasteiger partial charge is 0.490 e. The molecule has 7 nitrogen and oxygen atoms in total. The number of halogens is 6. The van der Waals surface area contributed by atoms with Crippen LogP contribution in [-0.2, 0) is 14.3 Å². The van der Waals surface area contributed by atoms with Crippen LogP contribution in [0.1, 0.15) is 12.8 Å². The molecule has 0 aromatic carbocycles. The molecule has 1 saturated carbocycles. The quantitative estimate of drug-likeness (QED) is 0.529. The molecule has 1 heterocycles. The Kier molecular flexibility index (Phi) is 8.43. The zero-order chi connectivity index (χ0) is 19.1. The highest BCUT2D eigenvalue weighted by atomic mass is 19.4. The number of rotatable bonds is 2. The molecule has 1 saturated heterocycles. The lowest BCUT2D eigenvalue weighted by atomic mass is 9.87. The van der Waals surface area contributed by atoms with E-state index in [0.717, 1.165) is 26.1 Å². The second-order valence-electron chi connectivity index (χ2n) is 4.94. The molecule has 0 amide bonds. The van der Waals surface area contributed by atoms with Crippen LogP contribution in [-0.4, -0.2) is 65.8 Å². The van der Waals surface area contributed by atoms with Crippen molar-refractivity contribution in [2.45, 2.75) is 43.3 Å². The monoisotopic (exact) mass is 370 g/mol. The molecular formula is C11H16F6N2O5. The molecule has 13 heteroatoms. The van der Waals surface area contributed by atoms with Crippen LogP contribution in [0.3, 0.4) is 0 Å². The summed E-state index contributed by atoms with van der Waals surface area (Å²) in [6, 6.07) is 1.76. The van der Waals surface area contributed by atoms with E-state index in [-0.39, 0.29) is 0 Å². The van der Waals surface area contributed by atoms with Crippen molar-refractivity contribution in [3.05, 3.63) is 0 Å². The van der Waals surface area contributed by atoms with Gasteiger partial charge in [-0.2, -0.15) is 26.3 Å². The number of hydrogen-bond acceptors (Lipinski definition) is 5. The summed E-state index contributed by atoms with van der Waals surface area (Å²) in [7, 11) is 0. The van der Waals surface area contributed by atoms with Gasteiger partial charge in [-0.15, -0.1) is 0 Å². The minimum Gasteiger partial charge on any atom is -0.475 e. The van der Waals surface area contributed by atoms with Crippen LogP contribution in [0.15, 0.2) is 0 Å². The number of nitrogens with one attached hydrogen (secondary N) is 1. The van der Waals surface area contributed by atoms with Crippen molar-refractivity contribution in [2.75, 3.05) is 13.2 Å². The van der Waals surface area contributed by atoms with E-state index in [0.29, 0.717) is 18.1 Å². The van der Waals surface area contributed by atoms with Crippen LogP contribution in [0.4, 0.5) is 26.3 Å². The normalized spacial score (nSPS) is 23.5. The van der Waals surface area contributed by atoms with Crippen molar-refractivity contribution >= 4 is 11.9 Å². The average Bonchev–Trinajstić information content (AvgIpc) is 2.30. The van der Waals surface area contributed by atoms with Gasteiger partial charge in [-0.3, -0.25) is 0 Å². The van der Waals surface area contributed by atoms with Crippen molar-refractivity contribution in [2.24, 2.45) is 5.73 Å². The minimum atomic E-state index is -5.08. The third kappa shape index (κ3) is 9.52.